The van der Waals surface area contributed by atoms with Crippen molar-refractivity contribution in [1.29, 1.82) is 0 Å². The second kappa shape index (κ2) is 11.6. The van der Waals surface area contributed by atoms with E-state index in [2.05, 4.69) is 36.1 Å². The van der Waals surface area contributed by atoms with Gasteiger partial charge in [-0.2, -0.15) is 8.78 Å². The Hall–Kier alpha value is -3.43. The molecule has 0 spiro atoms. The number of allylic oxidation sites excluding steroid dienone is 3. The van der Waals surface area contributed by atoms with Crippen molar-refractivity contribution >= 4 is 34.0 Å². The minimum Gasteiger partial charge on any atom is -0.492 e. The molecule has 2 aliphatic heterocycles. The maximum absolute atomic E-state index is 15.0. The number of aromatic nitrogens is 1. The van der Waals surface area contributed by atoms with Crippen LogP contribution in [-0.4, -0.2) is 70.3 Å². The molecule has 0 saturated carbocycles. The molecule has 16 heteroatoms. The van der Waals surface area contributed by atoms with Gasteiger partial charge in [-0.1, -0.05) is 0 Å². The van der Waals surface area contributed by atoms with E-state index in [0.29, 0.717) is 12.8 Å². The Morgan fingerprint density at radius 3 is 2.70 bits per heavy atom. The number of amidine groups is 1. The molecule has 0 saturated heterocycles. The maximum Gasteiger partial charge on any atom is 0.340 e. The highest BCUT2D eigenvalue weighted by molar-refractivity contribution is 7.95. The van der Waals surface area contributed by atoms with E-state index in [1.165, 1.54) is 6.92 Å². The number of alkyl halides is 5. The average molecular weight is 595 g/mol. The summed E-state index contributed by atoms with van der Waals surface area (Å²) in [6.45, 7) is 3.42. The fraction of sp³-hybridized carbons (Fsp3) is 0.500. The number of aliphatic imine (C=N–C) groups is 2. The highest BCUT2D eigenvalue weighted by atomic mass is 32.2. The number of amides is 1. The fourth-order valence-corrected chi connectivity index (χ4v) is 7.00. The number of pyridine rings is 1. The van der Waals surface area contributed by atoms with Gasteiger partial charge in [-0.05, 0) is 57.7 Å². The second-order valence-electron chi connectivity index (χ2n) is 9.45. The molecule has 2 aliphatic rings. The summed E-state index contributed by atoms with van der Waals surface area (Å²) in [6.07, 6.45) is -0.872. The lowest BCUT2D eigenvalue weighted by atomic mass is 9.95. The number of hydrogen-bond donors (Lipinski definition) is 2. The van der Waals surface area contributed by atoms with Crippen LogP contribution in [0.4, 0.5) is 32.2 Å². The first-order valence-electron chi connectivity index (χ1n) is 11.9. The Morgan fingerprint density at radius 1 is 1.38 bits per heavy atom. The van der Waals surface area contributed by atoms with Crippen molar-refractivity contribution in [2.75, 3.05) is 30.9 Å². The molecule has 0 bridgehead atoms. The summed E-state index contributed by atoms with van der Waals surface area (Å²) in [5.41, 5.74) is 3.17. The number of rotatable bonds is 10. The normalized spacial score (nSPS) is 27.4. The van der Waals surface area contributed by atoms with Gasteiger partial charge in [0.15, 0.2) is 6.61 Å². The van der Waals surface area contributed by atoms with Gasteiger partial charge < -0.3 is 15.8 Å². The number of nitrogens with two attached hydrogens (primary N) is 1. The number of ether oxygens (including phenoxy) is 1. The monoisotopic (exact) mass is 594 g/mol. The molecular formula is C24H28F6N6O3S. The second-order valence-corrected chi connectivity index (χ2v) is 12.2. The molecule has 0 aromatic carbocycles. The van der Waals surface area contributed by atoms with Crippen molar-refractivity contribution in [3.63, 3.8) is 0 Å². The van der Waals surface area contributed by atoms with Crippen LogP contribution in [0.25, 0.3) is 0 Å². The fourth-order valence-electron chi connectivity index (χ4n) is 4.12. The van der Waals surface area contributed by atoms with E-state index in [1.807, 2.05) is 0 Å². The van der Waals surface area contributed by atoms with Crippen molar-refractivity contribution in [1.82, 2.24) is 4.98 Å². The van der Waals surface area contributed by atoms with Gasteiger partial charge in [0.1, 0.15) is 45.8 Å². The maximum atomic E-state index is 15.0. The lowest BCUT2D eigenvalue weighted by molar-refractivity contribution is -0.157. The van der Waals surface area contributed by atoms with Crippen LogP contribution in [0, 0.1) is 5.82 Å². The molecule has 40 heavy (non-hydrogen) atoms. The highest BCUT2D eigenvalue weighted by Crippen LogP contribution is 2.42. The Morgan fingerprint density at radius 2 is 2.08 bits per heavy atom. The van der Waals surface area contributed by atoms with Gasteiger partial charge >= 0.3 is 12.3 Å². The molecule has 0 fully saturated rings. The number of carbonyl (C=O) groups is 1. The lowest BCUT2D eigenvalue weighted by Crippen LogP contribution is -2.59. The Bertz CT molecular complexity index is 1390. The van der Waals surface area contributed by atoms with Crippen LogP contribution in [0.2, 0.25) is 0 Å². The van der Waals surface area contributed by atoms with Gasteiger partial charge in [0.25, 0.3) is 5.91 Å². The number of nitrogens with zero attached hydrogens (tertiary/aromatic N) is 4. The van der Waals surface area contributed by atoms with Crippen LogP contribution in [0.5, 0.6) is 0 Å². The number of hydrogen-bond acceptors (Lipinski definition) is 8. The largest absolute Gasteiger partial charge is 0.492 e. The molecule has 3 heterocycles. The minimum atomic E-state index is -4.37. The van der Waals surface area contributed by atoms with Crippen molar-refractivity contribution in [3.8, 4) is 0 Å². The first kappa shape index (κ1) is 31.1. The molecule has 0 unspecified atom stereocenters. The number of halogens is 6. The van der Waals surface area contributed by atoms with Crippen molar-refractivity contribution in [2.24, 2.45) is 20.1 Å². The molecule has 3 atom stereocenters. The van der Waals surface area contributed by atoms with Crippen LogP contribution < -0.4 is 11.1 Å². The van der Waals surface area contributed by atoms with Crippen molar-refractivity contribution in [2.45, 2.75) is 49.3 Å². The van der Waals surface area contributed by atoms with Crippen LogP contribution >= 0.6 is 0 Å². The average Bonchev–Trinajstić information content (AvgIpc) is 2.89. The smallest absolute Gasteiger partial charge is 0.340 e. The molecule has 3 N–H and O–H groups in total. The van der Waals surface area contributed by atoms with E-state index >= 15 is 0 Å². The summed E-state index contributed by atoms with van der Waals surface area (Å²) in [5.74, 6) is -7.38. The molecular weight excluding hydrogens is 566 g/mol. The molecule has 3 rings (SSSR count). The Kier molecular flexibility index (Phi) is 9.01. The number of nitrogens with one attached hydrogen (secondary N) is 1. The molecule has 220 valence electrons. The van der Waals surface area contributed by atoms with Gasteiger partial charge in [0.05, 0.1) is 21.2 Å². The Balaban J connectivity index is 1.88. The third-order valence-corrected chi connectivity index (χ3v) is 9.86. The molecule has 0 radical (unpaired) electrons. The van der Waals surface area contributed by atoms with Gasteiger partial charge in [-0.3, -0.25) is 14.8 Å². The summed E-state index contributed by atoms with van der Waals surface area (Å²) < 4.78 is 102. The highest BCUT2D eigenvalue weighted by Gasteiger charge is 2.54. The zero-order valence-corrected chi connectivity index (χ0v) is 22.4. The number of anilines is 1. The SMILES string of the molecule is C=N/C(=C\C=C(/C)OCC(F)(F)C(F)F)C(=O)Nc1ccc(F)c([C@]2(CF)C[S@@]3(=O)=NCCC[C@@]3(C)C(N)=N2)n1. The molecule has 1 aromatic rings. The molecule has 1 aromatic heterocycles. The van der Waals surface area contributed by atoms with E-state index in [-0.39, 0.29) is 29.7 Å². The van der Waals surface area contributed by atoms with Gasteiger partial charge in [0.2, 0.25) is 0 Å². The summed E-state index contributed by atoms with van der Waals surface area (Å²) in [4.78, 5) is 24.5. The zero-order valence-electron chi connectivity index (χ0n) is 21.6. The standard InChI is InChI=1S/C24H28F6N6O3S/c1-14(39-12-24(29,30)20(27)28)5-7-16(32-3)19(37)35-17-8-6-15(26)18(34-17)23(11-25)13-40(38)22(2,21(31)36-23)9-4-10-33-40/h5-8,20H,3-4,9-13H2,1-2H3,(H2,31,36)(H,34,35,37)/b14-5+,16-7-/t22-,23-,40-/m0/s1. The molecule has 1 amide bonds. The topological polar surface area (TPSA) is 131 Å². The van der Waals surface area contributed by atoms with Crippen molar-refractivity contribution in [3.05, 3.63) is 47.3 Å². The summed E-state index contributed by atoms with van der Waals surface area (Å²) in [5, 5.41) is 2.32. The Labute approximate surface area is 226 Å². The van der Waals surface area contributed by atoms with Crippen LogP contribution in [0.1, 0.15) is 32.4 Å². The lowest BCUT2D eigenvalue weighted by Gasteiger charge is -2.44. The summed E-state index contributed by atoms with van der Waals surface area (Å²) in [7, 11) is -3.16. The van der Waals surface area contributed by atoms with E-state index in [4.69, 9.17) is 5.73 Å². The zero-order chi connectivity index (χ0) is 29.9. The third-order valence-electron chi connectivity index (χ3n) is 6.57. The predicted molar refractivity (Wildman–Crippen MR) is 138 cm³/mol. The van der Waals surface area contributed by atoms with Crippen LogP contribution in [0.3, 0.4) is 0 Å². The van der Waals surface area contributed by atoms with E-state index in [1.54, 1.807) is 6.92 Å². The van der Waals surface area contributed by atoms with Gasteiger partial charge in [-0.25, -0.2) is 31.1 Å². The number of carbonyl (C=O) groups excluding carboxylic acids is 1. The van der Waals surface area contributed by atoms with Crippen LogP contribution in [0.15, 0.2) is 50.1 Å². The first-order chi connectivity index (χ1) is 18.6. The quantitative estimate of drug-likeness (QED) is 0.138. The summed E-state index contributed by atoms with van der Waals surface area (Å²) >= 11 is 0. The summed E-state index contributed by atoms with van der Waals surface area (Å²) in [6, 6.07) is 1.98. The van der Waals surface area contributed by atoms with Crippen molar-refractivity contribution < 1.29 is 40.1 Å². The number of fused-ring (bicyclic) bond motifs is 1. The molecule has 0 aliphatic carbocycles. The minimum absolute atomic E-state index is 0.128. The predicted octanol–water partition coefficient (Wildman–Crippen LogP) is 4.12. The van der Waals surface area contributed by atoms with E-state index in [0.717, 1.165) is 24.3 Å². The van der Waals surface area contributed by atoms with E-state index < -0.39 is 68.8 Å². The van der Waals surface area contributed by atoms with Gasteiger partial charge in [-0.15, -0.1) is 0 Å². The first-order valence-corrected chi connectivity index (χ1v) is 13.6. The van der Waals surface area contributed by atoms with Crippen LogP contribution in [-0.2, 0) is 24.8 Å². The third kappa shape index (κ3) is 6.00. The molecule has 9 nitrogen and oxygen atoms in total. The van der Waals surface area contributed by atoms with Gasteiger partial charge in [0, 0.05) is 6.54 Å². The van der Waals surface area contributed by atoms with E-state index in [9.17, 15) is 35.3 Å².